The summed E-state index contributed by atoms with van der Waals surface area (Å²) < 4.78 is 32.8. The van der Waals surface area contributed by atoms with E-state index in [9.17, 15) is 13.2 Å². The number of nitrogens with one attached hydrogen (secondary N) is 1. The summed E-state index contributed by atoms with van der Waals surface area (Å²) in [7, 11) is -3.46. The molecule has 3 rings (SSSR count). The van der Waals surface area contributed by atoms with E-state index in [2.05, 4.69) is 9.88 Å². The Morgan fingerprint density at radius 2 is 2.12 bits per heavy atom. The summed E-state index contributed by atoms with van der Waals surface area (Å²) in [6, 6.07) is 3.19. The zero-order chi connectivity index (χ0) is 18.7. The van der Waals surface area contributed by atoms with Crippen LogP contribution in [0, 0.1) is 13.8 Å². The molecular formula is C17H23N3O4S2. The molecule has 1 fully saturated rings. The third-order valence-electron chi connectivity index (χ3n) is 4.70. The molecule has 0 spiro atoms. The Morgan fingerprint density at radius 1 is 1.38 bits per heavy atom. The van der Waals surface area contributed by atoms with E-state index in [-0.39, 0.29) is 11.9 Å². The second-order valence-corrected chi connectivity index (χ2v) is 9.40. The predicted molar refractivity (Wildman–Crippen MR) is 98.5 cm³/mol. The maximum Gasteiger partial charge on any atom is 0.250 e. The number of piperidine rings is 1. The van der Waals surface area contributed by atoms with Gasteiger partial charge in [-0.3, -0.25) is 4.79 Å². The zero-order valence-corrected chi connectivity index (χ0v) is 16.5. The number of carbonyl (C=O) groups is 1. The molecule has 1 amide bonds. The molecule has 1 saturated heterocycles. The lowest BCUT2D eigenvalue weighted by molar-refractivity contribution is -0.132. The maximum atomic E-state index is 12.4. The van der Waals surface area contributed by atoms with Gasteiger partial charge in [0.05, 0.1) is 5.69 Å². The number of hydrogen-bond acceptors (Lipinski definition) is 6. The summed E-state index contributed by atoms with van der Waals surface area (Å²) in [5.74, 6) is 0.849. The largest absolute Gasteiger partial charge is 0.361 e. The van der Waals surface area contributed by atoms with Crippen LogP contribution in [0.5, 0.6) is 0 Å². The van der Waals surface area contributed by atoms with E-state index in [0.29, 0.717) is 43.0 Å². The van der Waals surface area contributed by atoms with Crippen molar-refractivity contribution in [2.45, 2.75) is 49.8 Å². The number of carbonyl (C=O) groups excluding carboxylic acids is 1. The fraction of sp³-hybridized carbons (Fsp3) is 0.529. The Labute approximate surface area is 157 Å². The number of amides is 1. The number of sulfonamides is 1. The molecule has 1 aliphatic rings. The van der Waals surface area contributed by atoms with Crippen LogP contribution in [0.25, 0.3) is 0 Å². The molecule has 0 unspecified atom stereocenters. The number of likely N-dealkylation sites (tertiary alicyclic amines) is 1. The third kappa shape index (κ3) is 4.33. The molecule has 1 aliphatic heterocycles. The van der Waals surface area contributed by atoms with Gasteiger partial charge in [-0.2, -0.15) is 0 Å². The fourth-order valence-corrected chi connectivity index (χ4v) is 5.50. The number of aryl methyl sites for hydroxylation is 2. The van der Waals surface area contributed by atoms with Crippen LogP contribution in [0.1, 0.15) is 36.3 Å². The molecule has 7 nitrogen and oxygen atoms in total. The molecular weight excluding hydrogens is 374 g/mol. The van der Waals surface area contributed by atoms with Crippen molar-refractivity contribution in [1.29, 1.82) is 0 Å². The van der Waals surface area contributed by atoms with Gasteiger partial charge in [-0.1, -0.05) is 11.2 Å². The molecule has 0 atom stereocenters. The highest BCUT2D eigenvalue weighted by Crippen LogP contribution is 2.20. The summed E-state index contributed by atoms with van der Waals surface area (Å²) in [6.07, 6.45) is 2.28. The molecule has 3 heterocycles. The quantitative estimate of drug-likeness (QED) is 0.807. The van der Waals surface area contributed by atoms with Crippen LogP contribution < -0.4 is 4.72 Å². The summed E-state index contributed by atoms with van der Waals surface area (Å²) in [5, 5.41) is 5.65. The zero-order valence-electron chi connectivity index (χ0n) is 14.9. The van der Waals surface area contributed by atoms with E-state index in [4.69, 9.17) is 4.52 Å². The van der Waals surface area contributed by atoms with Gasteiger partial charge in [-0.25, -0.2) is 13.1 Å². The molecule has 0 radical (unpaired) electrons. The van der Waals surface area contributed by atoms with Crippen LogP contribution in [0.15, 0.2) is 26.2 Å². The molecule has 142 valence electrons. The highest BCUT2D eigenvalue weighted by Gasteiger charge is 2.27. The molecule has 0 saturated carbocycles. The van der Waals surface area contributed by atoms with Crippen LogP contribution in [0.2, 0.25) is 0 Å². The second-order valence-electron chi connectivity index (χ2n) is 6.51. The van der Waals surface area contributed by atoms with E-state index in [1.165, 1.54) is 11.3 Å². The van der Waals surface area contributed by atoms with Gasteiger partial charge in [0.15, 0.2) is 0 Å². The van der Waals surface area contributed by atoms with Crippen molar-refractivity contribution < 1.29 is 17.7 Å². The van der Waals surface area contributed by atoms with Gasteiger partial charge in [0, 0.05) is 31.1 Å². The average Bonchev–Trinajstić information content (AvgIpc) is 3.25. The lowest BCUT2D eigenvalue weighted by Crippen LogP contribution is -2.46. The van der Waals surface area contributed by atoms with Crippen LogP contribution >= 0.6 is 11.3 Å². The Morgan fingerprint density at radius 3 is 2.69 bits per heavy atom. The van der Waals surface area contributed by atoms with Gasteiger partial charge in [0.25, 0.3) is 0 Å². The van der Waals surface area contributed by atoms with Gasteiger partial charge in [0.1, 0.15) is 9.97 Å². The minimum Gasteiger partial charge on any atom is -0.361 e. The second kappa shape index (κ2) is 7.89. The van der Waals surface area contributed by atoms with Crippen molar-refractivity contribution in [3.05, 3.63) is 34.5 Å². The number of nitrogens with zero attached hydrogens (tertiary/aromatic N) is 2. The van der Waals surface area contributed by atoms with Crippen LogP contribution in [0.4, 0.5) is 0 Å². The molecule has 2 aromatic rings. The van der Waals surface area contributed by atoms with E-state index in [1.54, 1.807) is 17.5 Å². The number of thiophene rings is 1. The lowest BCUT2D eigenvalue weighted by Gasteiger charge is -2.32. The Balaban J connectivity index is 1.48. The molecule has 1 N–H and O–H groups in total. The van der Waals surface area contributed by atoms with Crippen molar-refractivity contribution >= 4 is 27.3 Å². The van der Waals surface area contributed by atoms with Gasteiger partial charge < -0.3 is 9.42 Å². The number of rotatable bonds is 6. The van der Waals surface area contributed by atoms with E-state index >= 15 is 0 Å². The first kappa shape index (κ1) is 19.1. The van der Waals surface area contributed by atoms with Crippen LogP contribution in [0.3, 0.4) is 0 Å². The van der Waals surface area contributed by atoms with Gasteiger partial charge >= 0.3 is 0 Å². The number of hydrogen-bond donors (Lipinski definition) is 1. The first-order chi connectivity index (χ1) is 12.4. The Bertz CT molecular complexity index is 831. The smallest absolute Gasteiger partial charge is 0.250 e. The van der Waals surface area contributed by atoms with E-state index in [1.807, 2.05) is 18.7 Å². The Kier molecular flexibility index (Phi) is 5.79. The van der Waals surface area contributed by atoms with E-state index < -0.39 is 10.0 Å². The fourth-order valence-electron chi connectivity index (χ4n) is 3.19. The molecule has 0 bridgehead atoms. The molecule has 0 aliphatic carbocycles. The number of aromatic nitrogens is 1. The summed E-state index contributed by atoms with van der Waals surface area (Å²) in [6.45, 7) is 4.86. The van der Waals surface area contributed by atoms with Crippen LogP contribution in [-0.4, -0.2) is 43.5 Å². The van der Waals surface area contributed by atoms with E-state index in [0.717, 1.165) is 17.0 Å². The molecule has 9 heteroatoms. The summed E-state index contributed by atoms with van der Waals surface area (Å²) >= 11 is 1.20. The van der Waals surface area contributed by atoms with Crippen LogP contribution in [-0.2, 0) is 21.2 Å². The monoisotopic (exact) mass is 397 g/mol. The van der Waals surface area contributed by atoms with Gasteiger partial charge in [-0.05, 0) is 44.6 Å². The highest BCUT2D eigenvalue weighted by atomic mass is 32.2. The topological polar surface area (TPSA) is 92.5 Å². The maximum absolute atomic E-state index is 12.4. The molecule has 26 heavy (non-hydrogen) atoms. The first-order valence-electron chi connectivity index (χ1n) is 8.62. The standard InChI is InChI=1S/C17H23N3O4S2/c1-12-15(13(2)24-18-12)5-6-16(21)20-9-7-14(8-10-20)19-26(22,23)17-4-3-11-25-17/h3-4,11,14,19H,5-10H2,1-2H3. The third-order valence-corrected chi connectivity index (χ3v) is 7.62. The average molecular weight is 398 g/mol. The SMILES string of the molecule is Cc1noc(C)c1CCC(=O)N1CCC(NS(=O)(=O)c2cccs2)CC1. The summed E-state index contributed by atoms with van der Waals surface area (Å²) in [5.41, 5.74) is 1.83. The highest BCUT2D eigenvalue weighted by molar-refractivity contribution is 7.91. The lowest BCUT2D eigenvalue weighted by atomic mass is 10.0. The van der Waals surface area contributed by atoms with Crippen molar-refractivity contribution in [2.24, 2.45) is 0 Å². The van der Waals surface area contributed by atoms with Crippen molar-refractivity contribution in [3.63, 3.8) is 0 Å². The predicted octanol–water partition coefficient (Wildman–Crippen LogP) is 2.26. The molecule has 0 aromatic carbocycles. The minimum absolute atomic E-state index is 0.0876. The first-order valence-corrected chi connectivity index (χ1v) is 11.0. The van der Waals surface area contributed by atoms with Gasteiger partial charge in [-0.15, -0.1) is 11.3 Å². The summed E-state index contributed by atoms with van der Waals surface area (Å²) in [4.78, 5) is 14.2. The minimum atomic E-state index is -3.46. The van der Waals surface area contributed by atoms with Crippen molar-refractivity contribution in [1.82, 2.24) is 14.8 Å². The van der Waals surface area contributed by atoms with Gasteiger partial charge in [0.2, 0.25) is 15.9 Å². The van der Waals surface area contributed by atoms with Crippen molar-refractivity contribution in [2.75, 3.05) is 13.1 Å². The molecule has 2 aromatic heterocycles. The normalized spacial score (nSPS) is 16.2. The van der Waals surface area contributed by atoms with Crippen molar-refractivity contribution in [3.8, 4) is 0 Å². The Hall–Kier alpha value is -1.71.